The molecule has 0 aromatic carbocycles. The molecule has 0 aromatic rings. The second-order valence-corrected chi connectivity index (χ2v) is 2.99. The van der Waals surface area contributed by atoms with E-state index in [-0.39, 0.29) is 0 Å². The number of rotatable bonds is 8. The van der Waals surface area contributed by atoms with Crippen LogP contribution < -0.4 is 0 Å². The SMILES string of the molecule is CCOC(CO[SiH3])(OCC)OCC. The molecule has 0 aliphatic rings. The van der Waals surface area contributed by atoms with Gasteiger partial charge in [-0.1, -0.05) is 0 Å². The van der Waals surface area contributed by atoms with Gasteiger partial charge in [-0.2, -0.15) is 0 Å². The van der Waals surface area contributed by atoms with E-state index < -0.39 is 5.97 Å². The summed E-state index contributed by atoms with van der Waals surface area (Å²) >= 11 is 0. The van der Waals surface area contributed by atoms with E-state index in [4.69, 9.17) is 18.6 Å². The lowest BCUT2D eigenvalue weighted by Crippen LogP contribution is -2.43. The summed E-state index contributed by atoms with van der Waals surface area (Å²) in [6, 6.07) is 0. The maximum absolute atomic E-state index is 5.40. The van der Waals surface area contributed by atoms with E-state index in [0.717, 1.165) is 0 Å². The molecule has 0 aromatic heterocycles. The van der Waals surface area contributed by atoms with E-state index in [9.17, 15) is 0 Å². The van der Waals surface area contributed by atoms with Crippen LogP contribution in [0.5, 0.6) is 0 Å². The van der Waals surface area contributed by atoms with E-state index in [1.54, 1.807) is 0 Å². The Labute approximate surface area is 83.0 Å². The van der Waals surface area contributed by atoms with Crippen molar-refractivity contribution in [1.82, 2.24) is 0 Å². The Hall–Kier alpha value is 0.0569. The molecule has 0 heterocycles. The van der Waals surface area contributed by atoms with E-state index >= 15 is 0 Å². The minimum atomic E-state index is -0.986. The highest BCUT2D eigenvalue weighted by Gasteiger charge is 2.32. The van der Waals surface area contributed by atoms with Gasteiger partial charge in [-0.25, -0.2) is 0 Å². The number of ether oxygens (including phenoxy) is 3. The molecule has 0 aliphatic carbocycles. The van der Waals surface area contributed by atoms with Crippen LogP contribution in [-0.4, -0.2) is 42.9 Å². The molecule has 0 N–H and O–H groups in total. The third kappa shape index (κ3) is 4.73. The second-order valence-electron chi connectivity index (χ2n) is 2.42. The molecule has 4 nitrogen and oxygen atoms in total. The highest BCUT2D eigenvalue weighted by Crippen LogP contribution is 2.15. The molecule has 0 aliphatic heterocycles. The fraction of sp³-hybridized carbons (Fsp3) is 1.00. The van der Waals surface area contributed by atoms with Gasteiger partial charge in [0.25, 0.3) is 0 Å². The van der Waals surface area contributed by atoms with Gasteiger partial charge >= 0.3 is 5.97 Å². The average Bonchev–Trinajstić information content (AvgIpc) is 2.06. The summed E-state index contributed by atoms with van der Waals surface area (Å²) in [6.45, 7) is 7.69. The summed E-state index contributed by atoms with van der Waals surface area (Å²) in [5.41, 5.74) is 0. The molecule has 0 saturated carbocycles. The molecule has 0 unspecified atom stereocenters. The van der Waals surface area contributed by atoms with Gasteiger partial charge in [0.05, 0.1) is 0 Å². The fourth-order valence-electron chi connectivity index (χ4n) is 1.09. The molecule has 0 rings (SSSR count). The van der Waals surface area contributed by atoms with Gasteiger partial charge in [0.15, 0.2) is 0 Å². The van der Waals surface area contributed by atoms with Crippen LogP contribution in [0.4, 0.5) is 0 Å². The van der Waals surface area contributed by atoms with Crippen LogP contribution in [0.3, 0.4) is 0 Å². The minimum Gasteiger partial charge on any atom is -0.420 e. The topological polar surface area (TPSA) is 36.9 Å². The van der Waals surface area contributed by atoms with E-state index in [2.05, 4.69) is 0 Å². The molecule has 13 heavy (non-hydrogen) atoms. The lowest BCUT2D eigenvalue weighted by atomic mass is 10.5. The Bertz CT molecular complexity index is 91.2. The Kier molecular flexibility index (Phi) is 7.49. The summed E-state index contributed by atoms with van der Waals surface area (Å²) in [5.74, 6) is -0.986. The Morgan fingerprint density at radius 1 is 0.923 bits per heavy atom. The van der Waals surface area contributed by atoms with Gasteiger partial charge in [-0.05, 0) is 20.8 Å². The van der Waals surface area contributed by atoms with Crippen LogP contribution in [0.15, 0.2) is 0 Å². The molecule has 0 fully saturated rings. The zero-order valence-corrected chi connectivity index (χ0v) is 11.0. The predicted molar refractivity (Wildman–Crippen MR) is 53.5 cm³/mol. The van der Waals surface area contributed by atoms with Gasteiger partial charge < -0.3 is 18.6 Å². The maximum atomic E-state index is 5.40. The molecular formula is C8H20O4Si. The van der Waals surface area contributed by atoms with Crippen molar-refractivity contribution >= 4 is 10.5 Å². The maximum Gasteiger partial charge on any atom is 0.306 e. The number of hydrogen-bond acceptors (Lipinski definition) is 4. The fourth-order valence-corrected chi connectivity index (χ4v) is 1.44. The summed E-state index contributed by atoms with van der Waals surface area (Å²) < 4.78 is 21.3. The zero-order chi connectivity index (χ0) is 10.2. The van der Waals surface area contributed by atoms with Crippen molar-refractivity contribution in [3.8, 4) is 0 Å². The van der Waals surface area contributed by atoms with Gasteiger partial charge in [-0.15, -0.1) is 0 Å². The van der Waals surface area contributed by atoms with Crippen LogP contribution in [0.1, 0.15) is 20.8 Å². The quantitative estimate of drug-likeness (QED) is 0.417. The molecule has 0 amide bonds. The van der Waals surface area contributed by atoms with Gasteiger partial charge in [0.2, 0.25) is 0 Å². The normalized spacial score (nSPS) is 12.2. The zero-order valence-electron chi connectivity index (χ0n) is 8.96. The van der Waals surface area contributed by atoms with Crippen molar-refractivity contribution in [3.05, 3.63) is 0 Å². The molecule has 0 saturated heterocycles. The summed E-state index contributed by atoms with van der Waals surface area (Å²) in [5, 5.41) is 0. The van der Waals surface area contributed by atoms with Crippen molar-refractivity contribution in [3.63, 3.8) is 0 Å². The third-order valence-electron chi connectivity index (χ3n) is 1.41. The molecule has 0 bridgehead atoms. The van der Waals surface area contributed by atoms with Gasteiger partial charge in [0.1, 0.15) is 17.1 Å². The first-order chi connectivity index (χ1) is 6.24. The van der Waals surface area contributed by atoms with Crippen LogP contribution in [-0.2, 0) is 18.6 Å². The van der Waals surface area contributed by atoms with E-state index in [0.29, 0.717) is 36.9 Å². The standard InChI is InChI=1S/C8H20O4Si/c1-4-9-8(7-12-13,10-5-2)11-6-3/h4-7H2,1-3,13H3. The largest absolute Gasteiger partial charge is 0.420 e. The third-order valence-corrected chi connectivity index (χ3v) is 1.70. The number of hydrogen-bond donors (Lipinski definition) is 0. The predicted octanol–water partition coefficient (Wildman–Crippen LogP) is 0.0467. The Balaban J connectivity index is 4.19. The first-order valence-corrected chi connectivity index (χ1v) is 5.47. The highest BCUT2D eigenvalue weighted by molar-refractivity contribution is 5.97. The van der Waals surface area contributed by atoms with Crippen molar-refractivity contribution < 1.29 is 18.6 Å². The van der Waals surface area contributed by atoms with Crippen LogP contribution in [0.25, 0.3) is 0 Å². The lowest BCUT2D eigenvalue weighted by Gasteiger charge is -2.31. The van der Waals surface area contributed by atoms with Crippen LogP contribution >= 0.6 is 0 Å². The van der Waals surface area contributed by atoms with Crippen molar-refractivity contribution in [2.24, 2.45) is 0 Å². The Morgan fingerprint density at radius 3 is 1.54 bits per heavy atom. The summed E-state index contributed by atoms with van der Waals surface area (Å²) in [6.07, 6.45) is 0. The molecule has 0 atom stereocenters. The van der Waals surface area contributed by atoms with E-state index in [1.165, 1.54) is 0 Å². The van der Waals surface area contributed by atoms with Crippen LogP contribution in [0.2, 0.25) is 0 Å². The first-order valence-electron chi connectivity index (χ1n) is 4.65. The van der Waals surface area contributed by atoms with Crippen molar-refractivity contribution in [1.29, 1.82) is 0 Å². The molecular weight excluding hydrogens is 188 g/mol. The Morgan fingerprint density at radius 2 is 1.31 bits per heavy atom. The monoisotopic (exact) mass is 208 g/mol. The molecule has 0 spiro atoms. The smallest absolute Gasteiger partial charge is 0.306 e. The lowest BCUT2D eigenvalue weighted by molar-refractivity contribution is -0.384. The van der Waals surface area contributed by atoms with Gasteiger partial charge in [-0.3, -0.25) is 0 Å². The summed E-state index contributed by atoms with van der Waals surface area (Å²) in [4.78, 5) is 0. The second kappa shape index (κ2) is 7.46. The molecule has 0 radical (unpaired) electrons. The van der Waals surface area contributed by atoms with Crippen molar-refractivity contribution in [2.45, 2.75) is 26.7 Å². The molecule has 80 valence electrons. The minimum absolute atomic E-state index is 0.342. The highest BCUT2D eigenvalue weighted by atomic mass is 28.2. The van der Waals surface area contributed by atoms with E-state index in [1.807, 2.05) is 20.8 Å². The van der Waals surface area contributed by atoms with Crippen molar-refractivity contribution in [2.75, 3.05) is 26.4 Å². The van der Waals surface area contributed by atoms with Crippen LogP contribution in [0, 0.1) is 0 Å². The first kappa shape index (κ1) is 13.1. The molecule has 5 heteroatoms. The summed E-state index contributed by atoms with van der Waals surface area (Å²) in [7, 11) is 0.651. The van der Waals surface area contributed by atoms with Gasteiger partial charge in [0, 0.05) is 19.8 Å². The average molecular weight is 208 g/mol.